The number of pyridine rings is 1. The van der Waals surface area contributed by atoms with Gasteiger partial charge in [0.1, 0.15) is 5.75 Å². The Bertz CT molecular complexity index is 391. The molecule has 16 heavy (non-hydrogen) atoms. The first-order chi connectivity index (χ1) is 7.70. The largest absolute Gasteiger partial charge is 0.505 e. The second-order valence-electron chi connectivity index (χ2n) is 3.80. The van der Waals surface area contributed by atoms with Crippen LogP contribution in [-0.4, -0.2) is 45.5 Å². The molecule has 1 fully saturated rings. The van der Waals surface area contributed by atoms with Gasteiger partial charge in [0.2, 0.25) is 0 Å². The van der Waals surface area contributed by atoms with Gasteiger partial charge in [-0.1, -0.05) is 0 Å². The molecule has 1 aromatic heterocycles. The van der Waals surface area contributed by atoms with Crippen LogP contribution in [0, 0.1) is 0 Å². The van der Waals surface area contributed by atoms with E-state index in [2.05, 4.69) is 4.98 Å². The van der Waals surface area contributed by atoms with Crippen molar-refractivity contribution < 1.29 is 9.90 Å². The third-order valence-electron chi connectivity index (χ3n) is 2.76. The van der Waals surface area contributed by atoms with Gasteiger partial charge in [-0.25, -0.2) is 4.98 Å². The van der Waals surface area contributed by atoms with E-state index in [0.717, 1.165) is 17.9 Å². The standard InChI is InChI=1S/C11H14N2O2S/c1-13(8-4-6-16-7-8)11(15)10-9(14)3-2-5-12-10/h2-3,5,8,14H,4,6-7H2,1H3. The molecule has 1 aromatic rings. The number of thioether (sulfide) groups is 1. The summed E-state index contributed by atoms with van der Waals surface area (Å²) in [7, 11) is 1.77. The number of hydrogen-bond acceptors (Lipinski definition) is 4. The van der Waals surface area contributed by atoms with Crippen molar-refractivity contribution in [2.24, 2.45) is 0 Å². The lowest BCUT2D eigenvalue weighted by molar-refractivity contribution is 0.0738. The molecule has 1 aliphatic heterocycles. The molecule has 1 saturated heterocycles. The van der Waals surface area contributed by atoms with Crippen molar-refractivity contribution in [3.63, 3.8) is 0 Å². The Hall–Kier alpha value is -1.23. The summed E-state index contributed by atoms with van der Waals surface area (Å²) in [6.45, 7) is 0. The van der Waals surface area contributed by atoms with Crippen LogP contribution in [0.15, 0.2) is 18.3 Å². The van der Waals surface area contributed by atoms with Crippen LogP contribution in [0.25, 0.3) is 0 Å². The zero-order valence-electron chi connectivity index (χ0n) is 9.09. The van der Waals surface area contributed by atoms with E-state index < -0.39 is 0 Å². The first-order valence-electron chi connectivity index (χ1n) is 5.19. The van der Waals surface area contributed by atoms with E-state index in [9.17, 15) is 9.90 Å². The second-order valence-corrected chi connectivity index (χ2v) is 4.95. The molecule has 0 aliphatic carbocycles. The molecule has 1 aliphatic rings. The molecule has 86 valence electrons. The lowest BCUT2D eigenvalue weighted by Crippen LogP contribution is -2.37. The maximum absolute atomic E-state index is 12.0. The average Bonchev–Trinajstić information content (AvgIpc) is 2.81. The van der Waals surface area contributed by atoms with Crippen molar-refractivity contribution in [2.45, 2.75) is 12.5 Å². The van der Waals surface area contributed by atoms with Crippen molar-refractivity contribution >= 4 is 17.7 Å². The molecular weight excluding hydrogens is 224 g/mol. The number of carbonyl (C=O) groups is 1. The highest BCUT2D eigenvalue weighted by atomic mass is 32.2. The number of aromatic nitrogens is 1. The molecule has 0 aromatic carbocycles. The fourth-order valence-corrected chi connectivity index (χ4v) is 2.99. The topological polar surface area (TPSA) is 53.4 Å². The molecule has 2 heterocycles. The molecule has 2 rings (SSSR count). The number of rotatable bonds is 2. The third kappa shape index (κ3) is 2.14. The molecule has 0 bridgehead atoms. The number of nitrogens with zero attached hydrogens (tertiary/aromatic N) is 2. The highest BCUT2D eigenvalue weighted by molar-refractivity contribution is 7.99. The fraction of sp³-hybridized carbons (Fsp3) is 0.455. The van der Waals surface area contributed by atoms with Crippen LogP contribution in [0.3, 0.4) is 0 Å². The summed E-state index contributed by atoms with van der Waals surface area (Å²) in [5.41, 5.74) is 0.141. The Morgan fingerprint density at radius 3 is 3.12 bits per heavy atom. The zero-order valence-corrected chi connectivity index (χ0v) is 9.91. The van der Waals surface area contributed by atoms with E-state index in [-0.39, 0.29) is 23.4 Å². The number of amides is 1. The molecular formula is C11H14N2O2S. The summed E-state index contributed by atoms with van der Waals surface area (Å²) < 4.78 is 0. The van der Waals surface area contributed by atoms with Gasteiger partial charge in [0, 0.05) is 25.0 Å². The average molecular weight is 238 g/mol. The second kappa shape index (κ2) is 4.74. The van der Waals surface area contributed by atoms with Gasteiger partial charge in [-0.3, -0.25) is 4.79 Å². The van der Waals surface area contributed by atoms with Crippen LogP contribution >= 0.6 is 11.8 Å². The summed E-state index contributed by atoms with van der Waals surface area (Å²) in [5.74, 6) is 1.81. The normalized spacial score (nSPS) is 19.7. The first kappa shape index (κ1) is 11.3. The molecule has 0 spiro atoms. The Labute approximate surface area is 98.7 Å². The minimum atomic E-state index is -0.203. The summed E-state index contributed by atoms with van der Waals surface area (Å²) >= 11 is 1.85. The van der Waals surface area contributed by atoms with Crippen molar-refractivity contribution in [1.82, 2.24) is 9.88 Å². The van der Waals surface area contributed by atoms with E-state index >= 15 is 0 Å². The molecule has 5 heteroatoms. The van der Waals surface area contributed by atoms with E-state index in [1.54, 1.807) is 18.0 Å². The Morgan fingerprint density at radius 1 is 1.69 bits per heavy atom. The highest BCUT2D eigenvalue weighted by Crippen LogP contribution is 2.23. The highest BCUT2D eigenvalue weighted by Gasteiger charge is 2.26. The van der Waals surface area contributed by atoms with E-state index in [1.165, 1.54) is 12.3 Å². The maximum atomic E-state index is 12.0. The maximum Gasteiger partial charge on any atom is 0.276 e. The van der Waals surface area contributed by atoms with Gasteiger partial charge in [-0.2, -0.15) is 11.8 Å². The summed E-state index contributed by atoms with van der Waals surface area (Å²) in [5, 5.41) is 9.56. The van der Waals surface area contributed by atoms with Gasteiger partial charge >= 0.3 is 0 Å². The van der Waals surface area contributed by atoms with Crippen molar-refractivity contribution in [3.05, 3.63) is 24.0 Å². The smallest absolute Gasteiger partial charge is 0.276 e. The first-order valence-corrected chi connectivity index (χ1v) is 6.34. The number of aromatic hydroxyl groups is 1. The van der Waals surface area contributed by atoms with Crippen molar-refractivity contribution in [2.75, 3.05) is 18.6 Å². The Balaban J connectivity index is 2.15. The number of carbonyl (C=O) groups excluding carboxylic acids is 1. The predicted octanol–water partition coefficient (Wildman–Crippen LogP) is 1.36. The molecule has 1 atom stereocenters. The number of hydrogen-bond donors (Lipinski definition) is 1. The van der Waals surface area contributed by atoms with Gasteiger partial charge in [-0.15, -0.1) is 0 Å². The van der Waals surface area contributed by atoms with Gasteiger partial charge in [-0.05, 0) is 24.3 Å². The molecule has 1 amide bonds. The summed E-state index contributed by atoms with van der Waals surface area (Å²) in [4.78, 5) is 17.7. The van der Waals surface area contributed by atoms with Crippen LogP contribution in [0.2, 0.25) is 0 Å². The van der Waals surface area contributed by atoms with E-state index in [0.29, 0.717) is 0 Å². The van der Waals surface area contributed by atoms with E-state index in [4.69, 9.17) is 0 Å². The lowest BCUT2D eigenvalue weighted by atomic mass is 10.2. The van der Waals surface area contributed by atoms with Crippen LogP contribution in [-0.2, 0) is 0 Å². The van der Waals surface area contributed by atoms with Crippen molar-refractivity contribution in [3.8, 4) is 5.75 Å². The summed E-state index contributed by atoms with van der Waals surface area (Å²) in [6, 6.07) is 3.36. The zero-order chi connectivity index (χ0) is 11.5. The molecule has 1 unspecified atom stereocenters. The van der Waals surface area contributed by atoms with Gasteiger partial charge < -0.3 is 10.0 Å². The molecule has 0 saturated carbocycles. The fourth-order valence-electron chi connectivity index (χ4n) is 1.72. The Kier molecular flexibility index (Phi) is 3.33. The van der Waals surface area contributed by atoms with Crippen LogP contribution in [0.1, 0.15) is 16.9 Å². The quantitative estimate of drug-likeness (QED) is 0.845. The SMILES string of the molecule is CN(C(=O)c1ncccc1O)C1CCSC1. The third-order valence-corrected chi connectivity index (χ3v) is 3.91. The molecule has 1 N–H and O–H groups in total. The van der Waals surface area contributed by atoms with Crippen molar-refractivity contribution in [1.29, 1.82) is 0 Å². The monoisotopic (exact) mass is 238 g/mol. The van der Waals surface area contributed by atoms with Crippen LogP contribution in [0.5, 0.6) is 5.75 Å². The van der Waals surface area contributed by atoms with E-state index in [1.807, 2.05) is 11.8 Å². The minimum absolute atomic E-state index is 0.0509. The van der Waals surface area contributed by atoms with Crippen LogP contribution in [0.4, 0.5) is 0 Å². The molecule has 0 radical (unpaired) electrons. The minimum Gasteiger partial charge on any atom is -0.505 e. The van der Waals surface area contributed by atoms with Gasteiger partial charge in [0.05, 0.1) is 0 Å². The predicted molar refractivity (Wildman–Crippen MR) is 63.7 cm³/mol. The summed E-state index contributed by atoms with van der Waals surface area (Å²) in [6.07, 6.45) is 2.53. The Morgan fingerprint density at radius 2 is 2.50 bits per heavy atom. The van der Waals surface area contributed by atoms with Gasteiger partial charge in [0.15, 0.2) is 5.69 Å². The van der Waals surface area contributed by atoms with Gasteiger partial charge in [0.25, 0.3) is 5.91 Å². The lowest BCUT2D eigenvalue weighted by Gasteiger charge is -2.23. The molecule has 4 nitrogen and oxygen atoms in total. The van der Waals surface area contributed by atoms with Crippen LogP contribution < -0.4 is 0 Å².